The highest BCUT2D eigenvalue weighted by Crippen LogP contribution is 2.26. The van der Waals surface area contributed by atoms with Crippen LogP contribution in [-0.2, 0) is 13.2 Å². The van der Waals surface area contributed by atoms with Crippen LogP contribution in [0.15, 0.2) is 42.6 Å². The molecule has 21 heavy (non-hydrogen) atoms. The van der Waals surface area contributed by atoms with Gasteiger partial charge < -0.3 is 9.67 Å². The Bertz CT molecular complexity index is 813. The van der Waals surface area contributed by atoms with Gasteiger partial charge in [-0.3, -0.25) is 0 Å². The highest BCUT2D eigenvalue weighted by molar-refractivity contribution is 6.31. The van der Waals surface area contributed by atoms with E-state index >= 15 is 0 Å². The minimum absolute atomic E-state index is 0.0752. The molecule has 0 radical (unpaired) electrons. The van der Waals surface area contributed by atoms with Gasteiger partial charge >= 0.3 is 0 Å². The molecule has 0 bridgehead atoms. The van der Waals surface area contributed by atoms with Crippen LogP contribution in [0.2, 0.25) is 10.0 Å². The fourth-order valence-corrected chi connectivity index (χ4v) is 2.76. The van der Waals surface area contributed by atoms with Crippen LogP contribution in [0.4, 0.5) is 4.39 Å². The minimum Gasteiger partial charge on any atom is -0.392 e. The number of nitrogens with zero attached hydrogens (tertiary/aromatic N) is 1. The minimum atomic E-state index is -0.350. The van der Waals surface area contributed by atoms with Crippen molar-refractivity contribution in [1.82, 2.24) is 4.57 Å². The first-order valence-corrected chi connectivity index (χ1v) is 7.16. The van der Waals surface area contributed by atoms with Crippen molar-refractivity contribution in [1.29, 1.82) is 0 Å². The first kappa shape index (κ1) is 14.4. The number of aromatic nitrogens is 1. The Kier molecular flexibility index (Phi) is 3.89. The van der Waals surface area contributed by atoms with Crippen LogP contribution < -0.4 is 0 Å². The molecule has 1 heterocycles. The lowest BCUT2D eigenvalue weighted by molar-refractivity contribution is 0.283. The van der Waals surface area contributed by atoms with E-state index in [4.69, 9.17) is 23.2 Å². The van der Waals surface area contributed by atoms with E-state index in [9.17, 15) is 9.50 Å². The first-order chi connectivity index (χ1) is 10.1. The van der Waals surface area contributed by atoms with Crippen molar-refractivity contribution >= 4 is 34.1 Å². The highest BCUT2D eigenvalue weighted by Gasteiger charge is 2.11. The zero-order valence-electron chi connectivity index (χ0n) is 11.0. The summed E-state index contributed by atoms with van der Waals surface area (Å²) in [5.74, 6) is -0.350. The molecular weight excluding hydrogens is 312 g/mol. The number of hydrogen-bond donors (Lipinski definition) is 1. The third kappa shape index (κ3) is 2.77. The van der Waals surface area contributed by atoms with Gasteiger partial charge in [0, 0.05) is 32.8 Å². The summed E-state index contributed by atoms with van der Waals surface area (Å²) in [6.07, 6.45) is 1.81. The number of benzene rings is 2. The van der Waals surface area contributed by atoms with Gasteiger partial charge in [0.1, 0.15) is 5.82 Å². The van der Waals surface area contributed by atoms with E-state index < -0.39 is 0 Å². The molecule has 0 fully saturated rings. The van der Waals surface area contributed by atoms with Crippen molar-refractivity contribution in [2.24, 2.45) is 0 Å². The lowest BCUT2D eigenvalue weighted by Gasteiger charge is -2.07. The fraction of sp³-hybridized carbons (Fsp3) is 0.125. The number of aliphatic hydroxyl groups excluding tert-OH is 1. The largest absolute Gasteiger partial charge is 0.392 e. The summed E-state index contributed by atoms with van der Waals surface area (Å²) in [6, 6.07) is 10.1. The average Bonchev–Trinajstić information content (AvgIpc) is 2.79. The van der Waals surface area contributed by atoms with E-state index in [2.05, 4.69) is 0 Å². The lowest BCUT2D eigenvalue weighted by Crippen LogP contribution is -2.00. The summed E-state index contributed by atoms with van der Waals surface area (Å²) >= 11 is 11.8. The summed E-state index contributed by atoms with van der Waals surface area (Å²) in [5.41, 5.74) is 2.18. The molecule has 5 heteroatoms. The number of hydrogen-bond acceptors (Lipinski definition) is 1. The monoisotopic (exact) mass is 323 g/mol. The van der Waals surface area contributed by atoms with Gasteiger partial charge in [0.25, 0.3) is 0 Å². The van der Waals surface area contributed by atoms with Gasteiger partial charge in [-0.05, 0) is 24.3 Å². The zero-order valence-corrected chi connectivity index (χ0v) is 12.5. The second-order valence-electron chi connectivity index (χ2n) is 4.84. The standard InChI is InChI=1S/C16H12Cl2FNO/c17-12-2-1-10(15(19)5-12)7-20-8-11(9-21)14-4-3-13(18)6-16(14)20/h1-6,8,21H,7,9H2. The van der Waals surface area contributed by atoms with E-state index in [1.165, 1.54) is 6.07 Å². The molecule has 0 aliphatic rings. The topological polar surface area (TPSA) is 25.2 Å². The molecule has 3 aromatic rings. The summed E-state index contributed by atoms with van der Waals surface area (Å²) in [7, 11) is 0. The maximum Gasteiger partial charge on any atom is 0.129 e. The van der Waals surface area contributed by atoms with Gasteiger partial charge in [0.05, 0.1) is 18.7 Å². The van der Waals surface area contributed by atoms with Crippen LogP contribution >= 0.6 is 23.2 Å². The molecule has 2 nitrogen and oxygen atoms in total. The van der Waals surface area contributed by atoms with Gasteiger partial charge in [-0.1, -0.05) is 35.3 Å². The Balaban J connectivity index is 2.09. The van der Waals surface area contributed by atoms with Gasteiger partial charge in [-0.15, -0.1) is 0 Å². The second-order valence-corrected chi connectivity index (χ2v) is 5.71. The summed E-state index contributed by atoms with van der Waals surface area (Å²) in [4.78, 5) is 0. The summed E-state index contributed by atoms with van der Waals surface area (Å²) in [5, 5.41) is 11.3. The van der Waals surface area contributed by atoms with Gasteiger partial charge in [0.15, 0.2) is 0 Å². The molecule has 1 N–H and O–H groups in total. The Morgan fingerprint density at radius 2 is 1.71 bits per heavy atom. The predicted molar refractivity (Wildman–Crippen MR) is 83.4 cm³/mol. The van der Waals surface area contributed by atoms with Crippen molar-refractivity contribution in [3.05, 3.63) is 69.6 Å². The average molecular weight is 324 g/mol. The third-order valence-electron chi connectivity index (χ3n) is 3.45. The Morgan fingerprint density at radius 3 is 2.43 bits per heavy atom. The van der Waals surface area contributed by atoms with E-state index in [1.54, 1.807) is 18.2 Å². The molecule has 0 spiro atoms. The molecule has 0 amide bonds. The molecule has 0 aliphatic carbocycles. The third-order valence-corrected chi connectivity index (χ3v) is 3.92. The van der Waals surface area contributed by atoms with Crippen LogP contribution in [0.5, 0.6) is 0 Å². The molecule has 0 aliphatic heterocycles. The normalized spacial score (nSPS) is 11.2. The van der Waals surface area contributed by atoms with E-state index in [-0.39, 0.29) is 12.4 Å². The van der Waals surface area contributed by atoms with Crippen LogP contribution in [-0.4, -0.2) is 9.67 Å². The molecule has 0 unspecified atom stereocenters. The smallest absolute Gasteiger partial charge is 0.129 e. The lowest BCUT2D eigenvalue weighted by atomic mass is 10.2. The zero-order chi connectivity index (χ0) is 15.0. The summed E-state index contributed by atoms with van der Waals surface area (Å²) in [6.45, 7) is 0.272. The van der Waals surface area contributed by atoms with Gasteiger partial charge in [0.2, 0.25) is 0 Å². The molecule has 0 saturated carbocycles. The SMILES string of the molecule is OCc1cn(Cc2ccc(Cl)cc2F)c2cc(Cl)ccc12. The van der Waals surface area contributed by atoms with Crippen LogP contribution in [0, 0.1) is 5.82 Å². The van der Waals surface area contributed by atoms with Gasteiger partial charge in [-0.25, -0.2) is 4.39 Å². The molecule has 0 atom stereocenters. The number of rotatable bonds is 3. The number of fused-ring (bicyclic) bond motifs is 1. The van der Waals surface area contributed by atoms with Crippen molar-refractivity contribution < 1.29 is 9.50 Å². The molecule has 2 aromatic carbocycles. The summed E-state index contributed by atoms with van der Waals surface area (Å²) < 4.78 is 15.8. The Labute approximate surface area is 131 Å². The van der Waals surface area contributed by atoms with Crippen molar-refractivity contribution in [3.63, 3.8) is 0 Å². The Morgan fingerprint density at radius 1 is 1.00 bits per heavy atom. The quantitative estimate of drug-likeness (QED) is 0.747. The van der Waals surface area contributed by atoms with Crippen molar-refractivity contribution in [3.8, 4) is 0 Å². The van der Waals surface area contributed by atoms with E-state index in [0.29, 0.717) is 22.2 Å². The van der Waals surface area contributed by atoms with E-state index in [1.807, 2.05) is 22.9 Å². The first-order valence-electron chi connectivity index (χ1n) is 6.40. The molecular formula is C16H12Cl2FNO. The van der Waals surface area contributed by atoms with Crippen molar-refractivity contribution in [2.75, 3.05) is 0 Å². The predicted octanol–water partition coefficient (Wildman–Crippen LogP) is 4.63. The maximum atomic E-state index is 13.9. The van der Waals surface area contributed by atoms with Crippen molar-refractivity contribution in [2.45, 2.75) is 13.2 Å². The maximum absolute atomic E-state index is 13.9. The second kappa shape index (κ2) is 5.68. The molecule has 3 rings (SSSR count). The number of halogens is 3. The molecule has 108 valence electrons. The Hall–Kier alpha value is -1.55. The van der Waals surface area contributed by atoms with Crippen LogP contribution in [0.25, 0.3) is 10.9 Å². The molecule has 1 aromatic heterocycles. The number of aliphatic hydroxyl groups is 1. The highest BCUT2D eigenvalue weighted by atomic mass is 35.5. The fourth-order valence-electron chi connectivity index (χ4n) is 2.43. The molecule has 0 saturated heterocycles. The van der Waals surface area contributed by atoms with Gasteiger partial charge in [-0.2, -0.15) is 0 Å². The van der Waals surface area contributed by atoms with E-state index in [0.717, 1.165) is 16.5 Å². The van der Waals surface area contributed by atoms with Crippen LogP contribution in [0.3, 0.4) is 0 Å². The van der Waals surface area contributed by atoms with Crippen LogP contribution in [0.1, 0.15) is 11.1 Å².